The lowest BCUT2D eigenvalue weighted by molar-refractivity contribution is -0.130. The molecule has 0 N–H and O–H groups in total. The van der Waals surface area contributed by atoms with Crippen molar-refractivity contribution >= 4 is 39.1 Å². The summed E-state index contributed by atoms with van der Waals surface area (Å²) in [5, 5.41) is 0.899. The SMILES string of the molecule is CC[C@H](C(=O)N1C2CC3CCC2(CS1(=O)=O)C3(C)C)c1ccc(Cl)cc1Cl. The third-order valence-electron chi connectivity index (χ3n) is 7.67. The summed E-state index contributed by atoms with van der Waals surface area (Å²) in [6.45, 7) is 6.25. The minimum atomic E-state index is -3.63. The minimum absolute atomic E-state index is 0.0562. The summed E-state index contributed by atoms with van der Waals surface area (Å²) in [4.78, 5) is 13.5. The molecule has 7 heteroatoms. The molecule has 2 bridgehead atoms. The van der Waals surface area contributed by atoms with E-state index in [0.29, 0.717) is 27.9 Å². The molecule has 3 unspecified atom stereocenters. The molecular weight excluding hydrogens is 405 g/mol. The van der Waals surface area contributed by atoms with Crippen LogP contribution in [-0.4, -0.2) is 30.4 Å². The third kappa shape index (κ3) is 2.54. The summed E-state index contributed by atoms with van der Waals surface area (Å²) in [5.74, 6) is -0.355. The Labute approximate surface area is 171 Å². The quantitative estimate of drug-likeness (QED) is 0.689. The smallest absolute Gasteiger partial charge is 0.243 e. The van der Waals surface area contributed by atoms with Gasteiger partial charge in [0.15, 0.2) is 0 Å². The second-order valence-electron chi connectivity index (χ2n) is 8.88. The first-order valence-electron chi connectivity index (χ1n) is 9.56. The van der Waals surface area contributed by atoms with Crippen LogP contribution in [0.5, 0.6) is 0 Å². The van der Waals surface area contributed by atoms with E-state index in [9.17, 15) is 13.2 Å². The summed E-state index contributed by atoms with van der Waals surface area (Å²) in [6, 6.07) is 4.82. The van der Waals surface area contributed by atoms with Gasteiger partial charge in [-0.05, 0) is 54.7 Å². The number of sulfonamides is 1. The van der Waals surface area contributed by atoms with Gasteiger partial charge in [-0.25, -0.2) is 12.7 Å². The van der Waals surface area contributed by atoms with Gasteiger partial charge in [0.2, 0.25) is 15.9 Å². The fourth-order valence-corrected chi connectivity index (χ4v) is 9.16. The number of hydrogen-bond acceptors (Lipinski definition) is 3. The zero-order valence-corrected chi connectivity index (χ0v) is 18.2. The Bertz CT molecular complexity index is 914. The second kappa shape index (κ2) is 6.11. The van der Waals surface area contributed by atoms with Gasteiger partial charge in [0.05, 0.1) is 17.7 Å². The van der Waals surface area contributed by atoms with Crippen molar-refractivity contribution in [1.29, 1.82) is 0 Å². The number of amides is 1. The summed E-state index contributed by atoms with van der Waals surface area (Å²) in [6.07, 6.45) is 3.21. The molecule has 2 saturated carbocycles. The van der Waals surface area contributed by atoms with E-state index in [4.69, 9.17) is 23.2 Å². The van der Waals surface area contributed by atoms with Crippen LogP contribution in [0.1, 0.15) is 57.9 Å². The topological polar surface area (TPSA) is 54.5 Å². The number of benzene rings is 1. The fraction of sp³-hybridized carbons (Fsp3) is 0.650. The van der Waals surface area contributed by atoms with Gasteiger partial charge in [-0.1, -0.05) is 50.0 Å². The van der Waals surface area contributed by atoms with E-state index in [1.807, 2.05) is 6.92 Å². The van der Waals surface area contributed by atoms with E-state index in [1.165, 1.54) is 4.31 Å². The average Bonchev–Trinajstić information content (AvgIpc) is 3.04. The highest BCUT2D eigenvalue weighted by Gasteiger charge is 2.72. The number of carbonyl (C=O) groups excluding carboxylic acids is 1. The molecule has 1 aliphatic heterocycles. The molecule has 3 fully saturated rings. The Kier molecular flexibility index (Phi) is 4.42. The molecule has 1 aromatic rings. The molecule has 1 spiro atoms. The third-order valence-corrected chi connectivity index (χ3v) is 10.1. The average molecular weight is 430 g/mol. The van der Waals surface area contributed by atoms with Crippen molar-refractivity contribution in [3.05, 3.63) is 33.8 Å². The summed E-state index contributed by atoms with van der Waals surface area (Å²) >= 11 is 12.3. The molecule has 3 aliphatic rings. The highest BCUT2D eigenvalue weighted by Crippen LogP contribution is 2.70. The monoisotopic (exact) mass is 429 g/mol. The highest BCUT2D eigenvalue weighted by molar-refractivity contribution is 7.90. The molecule has 0 aromatic heterocycles. The lowest BCUT2D eigenvalue weighted by Crippen LogP contribution is -2.45. The molecule has 0 radical (unpaired) electrons. The van der Waals surface area contributed by atoms with E-state index in [-0.39, 0.29) is 28.5 Å². The van der Waals surface area contributed by atoms with Gasteiger partial charge in [-0.3, -0.25) is 4.79 Å². The summed E-state index contributed by atoms with van der Waals surface area (Å²) in [5.41, 5.74) is 0.278. The van der Waals surface area contributed by atoms with E-state index >= 15 is 0 Å². The first-order valence-corrected chi connectivity index (χ1v) is 11.9. The van der Waals surface area contributed by atoms with Crippen LogP contribution in [0.2, 0.25) is 10.0 Å². The second-order valence-corrected chi connectivity index (χ2v) is 11.6. The predicted octanol–water partition coefficient (Wildman–Crippen LogP) is 4.85. The molecule has 2 aliphatic carbocycles. The van der Waals surface area contributed by atoms with Crippen LogP contribution >= 0.6 is 23.2 Å². The van der Waals surface area contributed by atoms with Crippen molar-refractivity contribution in [3.63, 3.8) is 0 Å². The molecular formula is C20H25Cl2NO3S. The van der Waals surface area contributed by atoms with Crippen LogP contribution < -0.4 is 0 Å². The Balaban J connectivity index is 1.75. The standard InChI is InChI=1S/C20H25Cl2NO3S/c1-4-14(15-6-5-13(21)10-16(15)22)18(24)23-17-9-12-7-8-20(17,19(12,2)3)11-27(23,25)26/h5-6,10,12,14,17H,4,7-9,11H2,1-3H3/t12?,14-,17?,20?/m0/s1. The fourth-order valence-electron chi connectivity index (χ4n) is 6.04. The Hall–Kier alpha value is -0.780. The Morgan fingerprint density at radius 2 is 2.04 bits per heavy atom. The zero-order valence-electron chi connectivity index (χ0n) is 15.8. The maximum atomic E-state index is 13.5. The minimum Gasteiger partial charge on any atom is -0.273 e. The largest absolute Gasteiger partial charge is 0.273 e. The van der Waals surface area contributed by atoms with Gasteiger partial charge in [-0.15, -0.1) is 0 Å². The van der Waals surface area contributed by atoms with E-state index in [1.54, 1.807) is 18.2 Å². The Morgan fingerprint density at radius 1 is 1.33 bits per heavy atom. The predicted molar refractivity (Wildman–Crippen MR) is 107 cm³/mol. The zero-order chi connectivity index (χ0) is 19.8. The van der Waals surface area contributed by atoms with Crippen LogP contribution in [0, 0.1) is 16.7 Å². The number of halogens is 2. The molecule has 148 valence electrons. The molecule has 4 rings (SSSR count). The van der Waals surface area contributed by atoms with E-state index in [2.05, 4.69) is 13.8 Å². The van der Waals surface area contributed by atoms with Gasteiger partial charge in [0, 0.05) is 15.5 Å². The maximum absolute atomic E-state index is 13.5. The van der Waals surface area contributed by atoms with Crippen LogP contribution in [0.4, 0.5) is 0 Å². The summed E-state index contributed by atoms with van der Waals surface area (Å²) in [7, 11) is -3.63. The van der Waals surface area contributed by atoms with Crippen molar-refractivity contribution in [3.8, 4) is 0 Å². The van der Waals surface area contributed by atoms with Crippen LogP contribution in [0.15, 0.2) is 18.2 Å². The van der Waals surface area contributed by atoms with Gasteiger partial charge in [0.25, 0.3) is 0 Å². The van der Waals surface area contributed by atoms with Crippen molar-refractivity contribution in [2.24, 2.45) is 16.7 Å². The van der Waals surface area contributed by atoms with Crippen molar-refractivity contribution in [1.82, 2.24) is 4.31 Å². The lowest BCUT2D eigenvalue weighted by Gasteiger charge is -2.37. The highest BCUT2D eigenvalue weighted by atomic mass is 35.5. The van der Waals surface area contributed by atoms with Gasteiger partial charge in [-0.2, -0.15) is 0 Å². The molecule has 1 saturated heterocycles. The lowest BCUT2D eigenvalue weighted by atomic mass is 9.69. The van der Waals surface area contributed by atoms with E-state index in [0.717, 1.165) is 19.3 Å². The van der Waals surface area contributed by atoms with Crippen molar-refractivity contribution < 1.29 is 13.2 Å². The van der Waals surface area contributed by atoms with Crippen molar-refractivity contribution in [2.45, 2.75) is 58.4 Å². The molecule has 27 heavy (non-hydrogen) atoms. The molecule has 1 aromatic carbocycles. The van der Waals surface area contributed by atoms with Crippen molar-refractivity contribution in [2.75, 3.05) is 5.75 Å². The molecule has 4 atom stereocenters. The maximum Gasteiger partial charge on any atom is 0.243 e. The number of nitrogens with zero attached hydrogens (tertiary/aromatic N) is 1. The Morgan fingerprint density at radius 3 is 2.63 bits per heavy atom. The first kappa shape index (κ1) is 19.5. The van der Waals surface area contributed by atoms with Gasteiger partial charge < -0.3 is 0 Å². The number of rotatable bonds is 3. The van der Waals surface area contributed by atoms with Crippen LogP contribution in [0.3, 0.4) is 0 Å². The number of hydrogen-bond donors (Lipinski definition) is 0. The van der Waals surface area contributed by atoms with Crippen LogP contribution in [0.25, 0.3) is 0 Å². The number of fused-ring (bicyclic) bond motifs is 1. The molecule has 1 amide bonds. The molecule has 1 heterocycles. The van der Waals surface area contributed by atoms with Gasteiger partial charge >= 0.3 is 0 Å². The van der Waals surface area contributed by atoms with Crippen LogP contribution in [-0.2, 0) is 14.8 Å². The van der Waals surface area contributed by atoms with Gasteiger partial charge in [0.1, 0.15) is 0 Å². The number of carbonyl (C=O) groups is 1. The normalized spacial score (nSPS) is 33.9. The molecule has 4 nitrogen and oxygen atoms in total. The first-order chi connectivity index (χ1) is 12.5. The van der Waals surface area contributed by atoms with E-state index < -0.39 is 15.9 Å². The summed E-state index contributed by atoms with van der Waals surface area (Å²) < 4.78 is 27.5.